The van der Waals surface area contributed by atoms with Crippen molar-refractivity contribution in [3.8, 4) is 0 Å². The van der Waals surface area contributed by atoms with Gasteiger partial charge >= 0.3 is 0 Å². The summed E-state index contributed by atoms with van der Waals surface area (Å²) in [5.74, 6) is -0.224. The molecule has 0 unspecified atom stereocenters. The van der Waals surface area contributed by atoms with E-state index < -0.39 is 0 Å². The standard InChI is InChI=1S/C13H14N6OS/c1-6-5-9(10-7(2)18-19(4)11(10)14-6)12(20)15-13-17-16-8(3)21-13/h5H,1-4H3,(H,15,17,20). The summed E-state index contributed by atoms with van der Waals surface area (Å²) in [4.78, 5) is 17.0. The topological polar surface area (TPSA) is 85.6 Å². The van der Waals surface area contributed by atoms with Crippen LogP contribution in [0, 0.1) is 20.8 Å². The number of amides is 1. The summed E-state index contributed by atoms with van der Waals surface area (Å²) in [5.41, 5.74) is 2.80. The first-order valence-electron chi connectivity index (χ1n) is 6.38. The highest BCUT2D eigenvalue weighted by molar-refractivity contribution is 7.15. The third-order valence-electron chi connectivity index (χ3n) is 3.09. The average molecular weight is 302 g/mol. The van der Waals surface area contributed by atoms with Gasteiger partial charge in [0, 0.05) is 12.7 Å². The average Bonchev–Trinajstić information content (AvgIpc) is 2.93. The fourth-order valence-electron chi connectivity index (χ4n) is 2.26. The molecule has 21 heavy (non-hydrogen) atoms. The van der Waals surface area contributed by atoms with Gasteiger partial charge in [0.05, 0.1) is 16.6 Å². The fourth-order valence-corrected chi connectivity index (χ4v) is 2.85. The number of pyridine rings is 1. The zero-order valence-electron chi connectivity index (χ0n) is 12.1. The minimum Gasteiger partial charge on any atom is -0.296 e. The molecule has 0 aliphatic heterocycles. The normalized spacial score (nSPS) is 11.0. The molecule has 0 bridgehead atoms. The van der Waals surface area contributed by atoms with Gasteiger partial charge in [-0.1, -0.05) is 11.3 Å². The third kappa shape index (κ3) is 2.38. The first kappa shape index (κ1) is 13.6. The van der Waals surface area contributed by atoms with Gasteiger partial charge in [0.2, 0.25) is 5.13 Å². The van der Waals surface area contributed by atoms with Gasteiger partial charge in [0.1, 0.15) is 5.01 Å². The van der Waals surface area contributed by atoms with Crippen LogP contribution in [0.15, 0.2) is 6.07 Å². The molecule has 0 saturated carbocycles. The molecule has 108 valence electrons. The van der Waals surface area contributed by atoms with Crippen molar-refractivity contribution >= 4 is 33.4 Å². The molecule has 1 amide bonds. The van der Waals surface area contributed by atoms with E-state index in [0.717, 1.165) is 21.8 Å². The van der Waals surface area contributed by atoms with Crippen LogP contribution < -0.4 is 5.32 Å². The van der Waals surface area contributed by atoms with Crippen molar-refractivity contribution in [2.45, 2.75) is 20.8 Å². The van der Waals surface area contributed by atoms with E-state index in [1.54, 1.807) is 10.7 Å². The second kappa shape index (κ2) is 4.88. The highest BCUT2D eigenvalue weighted by Gasteiger charge is 2.18. The van der Waals surface area contributed by atoms with Crippen LogP contribution in [0.4, 0.5) is 5.13 Å². The molecule has 1 N–H and O–H groups in total. The van der Waals surface area contributed by atoms with E-state index in [1.807, 2.05) is 27.8 Å². The minimum absolute atomic E-state index is 0.224. The molecule has 0 aliphatic rings. The number of hydrogen-bond donors (Lipinski definition) is 1. The van der Waals surface area contributed by atoms with Gasteiger partial charge in [-0.2, -0.15) is 5.10 Å². The van der Waals surface area contributed by atoms with Crippen LogP contribution in [0.25, 0.3) is 11.0 Å². The van der Waals surface area contributed by atoms with Crippen molar-refractivity contribution in [2.24, 2.45) is 7.05 Å². The lowest BCUT2D eigenvalue weighted by molar-refractivity contribution is 0.102. The maximum Gasteiger partial charge on any atom is 0.258 e. The van der Waals surface area contributed by atoms with Crippen LogP contribution >= 0.6 is 11.3 Å². The molecule has 0 saturated heterocycles. The Kier molecular flexibility index (Phi) is 3.17. The van der Waals surface area contributed by atoms with Crippen molar-refractivity contribution in [2.75, 3.05) is 5.32 Å². The first-order chi connectivity index (χ1) is 9.95. The Labute approximate surface area is 125 Å². The summed E-state index contributed by atoms with van der Waals surface area (Å²) >= 11 is 1.34. The van der Waals surface area contributed by atoms with Gasteiger partial charge in [-0.15, -0.1) is 10.2 Å². The van der Waals surface area contributed by atoms with Gasteiger partial charge in [-0.25, -0.2) is 4.98 Å². The Morgan fingerprint density at radius 3 is 2.71 bits per heavy atom. The summed E-state index contributed by atoms with van der Waals surface area (Å²) in [6.45, 7) is 5.56. The molecule has 7 nitrogen and oxygen atoms in total. The molecule has 0 aliphatic carbocycles. The smallest absolute Gasteiger partial charge is 0.258 e. The maximum absolute atomic E-state index is 12.5. The number of nitrogens with one attached hydrogen (secondary N) is 1. The van der Waals surface area contributed by atoms with E-state index in [-0.39, 0.29) is 5.91 Å². The number of anilines is 1. The molecular weight excluding hydrogens is 288 g/mol. The third-order valence-corrected chi connectivity index (χ3v) is 3.84. The summed E-state index contributed by atoms with van der Waals surface area (Å²) in [6.07, 6.45) is 0. The van der Waals surface area contributed by atoms with Crippen molar-refractivity contribution in [3.63, 3.8) is 0 Å². The number of rotatable bonds is 2. The first-order valence-corrected chi connectivity index (χ1v) is 7.20. The van der Waals surface area contributed by atoms with Gasteiger partial charge < -0.3 is 0 Å². The maximum atomic E-state index is 12.5. The predicted octanol–water partition coefficient (Wildman–Crippen LogP) is 2.00. The molecule has 0 atom stereocenters. The van der Waals surface area contributed by atoms with Crippen molar-refractivity contribution in [3.05, 3.63) is 28.0 Å². The molecule has 3 aromatic heterocycles. The Morgan fingerprint density at radius 2 is 2.05 bits per heavy atom. The quantitative estimate of drug-likeness (QED) is 0.782. The molecule has 0 aromatic carbocycles. The Morgan fingerprint density at radius 1 is 1.29 bits per heavy atom. The Balaban J connectivity index is 2.08. The summed E-state index contributed by atoms with van der Waals surface area (Å²) in [7, 11) is 1.82. The zero-order chi connectivity index (χ0) is 15.1. The number of nitrogens with zero attached hydrogens (tertiary/aromatic N) is 5. The number of hydrogen-bond acceptors (Lipinski definition) is 6. The molecule has 0 fully saturated rings. The minimum atomic E-state index is -0.224. The number of aromatic nitrogens is 5. The molecule has 8 heteroatoms. The Hall–Kier alpha value is -2.35. The van der Waals surface area contributed by atoms with Crippen molar-refractivity contribution in [1.29, 1.82) is 0 Å². The van der Waals surface area contributed by atoms with Gasteiger partial charge in [-0.05, 0) is 26.8 Å². The summed E-state index contributed by atoms with van der Waals surface area (Å²) < 4.78 is 1.68. The molecule has 3 heterocycles. The second-order valence-corrected chi connectivity index (χ2v) is 5.98. The van der Waals surface area contributed by atoms with E-state index >= 15 is 0 Å². The van der Waals surface area contributed by atoms with Crippen LogP contribution in [0.1, 0.15) is 26.8 Å². The van der Waals surface area contributed by atoms with E-state index in [1.165, 1.54) is 11.3 Å². The van der Waals surface area contributed by atoms with Crippen LogP contribution in [-0.2, 0) is 7.05 Å². The summed E-state index contributed by atoms with van der Waals surface area (Å²) in [5, 5.41) is 17.0. The molecular formula is C13H14N6OS. The lowest BCUT2D eigenvalue weighted by atomic mass is 10.1. The van der Waals surface area contributed by atoms with Crippen molar-refractivity contribution in [1.82, 2.24) is 25.0 Å². The molecule has 0 spiro atoms. The number of fused-ring (bicyclic) bond motifs is 1. The van der Waals surface area contributed by atoms with E-state index in [0.29, 0.717) is 16.3 Å². The molecule has 0 radical (unpaired) electrons. The second-order valence-electron chi connectivity index (χ2n) is 4.80. The SMILES string of the molecule is Cc1cc(C(=O)Nc2nnc(C)s2)c2c(C)nn(C)c2n1. The Bertz CT molecular complexity index is 850. The highest BCUT2D eigenvalue weighted by Crippen LogP contribution is 2.23. The van der Waals surface area contributed by atoms with Gasteiger partial charge in [0.25, 0.3) is 5.91 Å². The number of carbonyl (C=O) groups is 1. The molecule has 3 rings (SSSR count). The zero-order valence-corrected chi connectivity index (χ0v) is 12.9. The van der Waals surface area contributed by atoms with Crippen LogP contribution in [0.2, 0.25) is 0 Å². The fraction of sp³-hybridized carbons (Fsp3) is 0.308. The van der Waals surface area contributed by atoms with Crippen LogP contribution in [-0.4, -0.2) is 30.9 Å². The van der Waals surface area contributed by atoms with Crippen LogP contribution in [0.3, 0.4) is 0 Å². The van der Waals surface area contributed by atoms with E-state index in [9.17, 15) is 4.79 Å². The number of aryl methyl sites for hydroxylation is 4. The van der Waals surface area contributed by atoms with E-state index in [2.05, 4.69) is 25.6 Å². The van der Waals surface area contributed by atoms with Crippen LogP contribution in [0.5, 0.6) is 0 Å². The largest absolute Gasteiger partial charge is 0.296 e. The molecule has 3 aromatic rings. The lowest BCUT2D eigenvalue weighted by Crippen LogP contribution is -2.13. The summed E-state index contributed by atoms with van der Waals surface area (Å²) in [6, 6.07) is 1.76. The van der Waals surface area contributed by atoms with Gasteiger partial charge in [0.15, 0.2) is 5.65 Å². The highest BCUT2D eigenvalue weighted by atomic mass is 32.1. The predicted molar refractivity (Wildman–Crippen MR) is 80.6 cm³/mol. The van der Waals surface area contributed by atoms with E-state index in [4.69, 9.17) is 0 Å². The van der Waals surface area contributed by atoms with Gasteiger partial charge in [-0.3, -0.25) is 14.8 Å². The van der Waals surface area contributed by atoms with Crippen molar-refractivity contribution < 1.29 is 4.79 Å². The lowest BCUT2D eigenvalue weighted by Gasteiger charge is -2.05. The monoisotopic (exact) mass is 302 g/mol. The number of carbonyl (C=O) groups excluding carboxylic acids is 1.